The van der Waals surface area contributed by atoms with Crippen molar-refractivity contribution in [3.8, 4) is 16.3 Å². The number of methoxy groups -OCH3 is 1. The molecular formula is C11H11ClN2OS. The standard InChI is InChI=1S/C11H11ClN2OS/c1-7(12)10-13-14-11(16-10)8-4-3-5-9(6-8)15-2/h3-7H,1-2H3. The van der Waals surface area contributed by atoms with Crippen LogP contribution in [0.15, 0.2) is 24.3 Å². The van der Waals surface area contributed by atoms with Crippen molar-refractivity contribution in [3.05, 3.63) is 29.3 Å². The van der Waals surface area contributed by atoms with Crippen molar-refractivity contribution in [2.45, 2.75) is 12.3 Å². The summed E-state index contributed by atoms with van der Waals surface area (Å²) in [6.45, 7) is 1.89. The zero-order chi connectivity index (χ0) is 11.5. The molecule has 5 heteroatoms. The van der Waals surface area contributed by atoms with Crippen molar-refractivity contribution in [3.63, 3.8) is 0 Å². The van der Waals surface area contributed by atoms with E-state index in [1.54, 1.807) is 7.11 Å². The van der Waals surface area contributed by atoms with Crippen LogP contribution in [0.1, 0.15) is 17.3 Å². The second-order valence-corrected chi connectivity index (χ2v) is 4.96. The van der Waals surface area contributed by atoms with Gasteiger partial charge in [-0.25, -0.2) is 0 Å². The Hall–Kier alpha value is -1.13. The van der Waals surface area contributed by atoms with Crippen LogP contribution in [-0.4, -0.2) is 17.3 Å². The minimum atomic E-state index is -0.100. The SMILES string of the molecule is COc1cccc(-c2nnc(C(C)Cl)s2)c1. The number of rotatable bonds is 3. The number of aromatic nitrogens is 2. The lowest BCUT2D eigenvalue weighted by atomic mass is 10.2. The second-order valence-electron chi connectivity index (χ2n) is 3.29. The molecule has 1 aromatic carbocycles. The number of benzene rings is 1. The molecule has 0 bridgehead atoms. The van der Waals surface area contributed by atoms with Crippen molar-refractivity contribution < 1.29 is 4.74 Å². The highest BCUT2D eigenvalue weighted by atomic mass is 35.5. The maximum absolute atomic E-state index is 5.95. The van der Waals surface area contributed by atoms with Gasteiger partial charge in [-0.05, 0) is 19.1 Å². The molecular weight excluding hydrogens is 244 g/mol. The van der Waals surface area contributed by atoms with E-state index in [2.05, 4.69) is 10.2 Å². The Labute approximate surface area is 103 Å². The fourth-order valence-corrected chi connectivity index (χ4v) is 2.21. The van der Waals surface area contributed by atoms with E-state index in [1.165, 1.54) is 11.3 Å². The van der Waals surface area contributed by atoms with Gasteiger partial charge in [0, 0.05) is 5.56 Å². The summed E-state index contributed by atoms with van der Waals surface area (Å²) in [7, 11) is 1.64. The molecule has 1 unspecified atom stereocenters. The summed E-state index contributed by atoms with van der Waals surface area (Å²) in [6, 6.07) is 7.74. The molecule has 3 nitrogen and oxygen atoms in total. The topological polar surface area (TPSA) is 35.0 Å². The molecule has 0 amide bonds. The lowest BCUT2D eigenvalue weighted by Crippen LogP contribution is -1.83. The Morgan fingerprint density at radius 1 is 1.38 bits per heavy atom. The molecule has 0 aliphatic carbocycles. The van der Waals surface area contributed by atoms with E-state index in [0.29, 0.717) is 0 Å². The van der Waals surface area contributed by atoms with Crippen LogP contribution in [0.3, 0.4) is 0 Å². The Morgan fingerprint density at radius 3 is 2.81 bits per heavy atom. The van der Waals surface area contributed by atoms with Crippen LogP contribution in [-0.2, 0) is 0 Å². The van der Waals surface area contributed by atoms with Crippen molar-refractivity contribution >= 4 is 22.9 Å². The molecule has 2 aromatic rings. The second kappa shape index (κ2) is 4.80. The van der Waals surface area contributed by atoms with Crippen LogP contribution < -0.4 is 4.74 Å². The lowest BCUT2D eigenvalue weighted by Gasteiger charge is -2.00. The molecule has 0 spiro atoms. The van der Waals surface area contributed by atoms with E-state index in [4.69, 9.17) is 16.3 Å². The molecule has 0 fully saturated rings. The maximum Gasteiger partial charge on any atom is 0.147 e. The molecule has 1 aromatic heterocycles. The lowest BCUT2D eigenvalue weighted by molar-refractivity contribution is 0.415. The largest absolute Gasteiger partial charge is 0.497 e. The van der Waals surface area contributed by atoms with Crippen molar-refractivity contribution in [2.24, 2.45) is 0 Å². The summed E-state index contributed by atoms with van der Waals surface area (Å²) in [5.41, 5.74) is 1.00. The third-order valence-electron chi connectivity index (χ3n) is 2.10. The summed E-state index contributed by atoms with van der Waals surface area (Å²) >= 11 is 7.45. The third kappa shape index (κ3) is 2.33. The molecule has 0 saturated heterocycles. The van der Waals surface area contributed by atoms with Gasteiger partial charge in [0.15, 0.2) is 0 Å². The number of ether oxygens (including phenoxy) is 1. The molecule has 2 rings (SSSR count). The van der Waals surface area contributed by atoms with Crippen molar-refractivity contribution in [1.29, 1.82) is 0 Å². The molecule has 1 heterocycles. The van der Waals surface area contributed by atoms with E-state index >= 15 is 0 Å². The van der Waals surface area contributed by atoms with Gasteiger partial charge in [-0.3, -0.25) is 0 Å². The zero-order valence-electron chi connectivity index (χ0n) is 8.98. The quantitative estimate of drug-likeness (QED) is 0.787. The number of hydrogen-bond acceptors (Lipinski definition) is 4. The van der Waals surface area contributed by atoms with Gasteiger partial charge in [-0.1, -0.05) is 23.5 Å². The van der Waals surface area contributed by atoms with Gasteiger partial charge in [-0.2, -0.15) is 0 Å². The first-order valence-electron chi connectivity index (χ1n) is 4.82. The molecule has 16 heavy (non-hydrogen) atoms. The van der Waals surface area contributed by atoms with Gasteiger partial charge in [0.05, 0.1) is 12.5 Å². The van der Waals surface area contributed by atoms with Crippen LogP contribution >= 0.6 is 22.9 Å². The van der Waals surface area contributed by atoms with Gasteiger partial charge < -0.3 is 4.74 Å². The van der Waals surface area contributed by atoms with Crippen LogP contribution in [0.2, 0.25) is 0 Å². The van der Waals surface area contributed by atoms with Gasteiger partial charge in [-0.15, -0.1) is 21.8 Å². The normalized spacial score (nSPS) is 12.4. The van der Waals surface area contributed by atoms with Crippen LogP contribution in [0.4, 0.5) is 0 Å². The van der Waals surface area contributed by atoms with Gasteiger partial charge >= 0.3 is 0 Å². The number of hydrogen-bond donors (Lipinski definition) is 0. The predicted octanol–water partition coefficient (Wildman–Crippen LogP) is 3.51. The zero-order valence-corrected chi connectivity index (χ0v) is 10.5. The first-order chi connectivity index (χ1) is 7.70. The monoisotopic (exact) mass is 254 g/mol. The van der Waals surface area contributed by atoms with Crippen LogP contribution in [0.5, 0.6) is 5.75 Å². The van der Waals surface area contributed by atoms with E-state index in [-0.39, 0.29) is 5.38 Å². The van der Waals surface area contributed by atoms with Gasteiger partial charge in [0.25, 0.3) is 0 Å². The fraction of sp³-hybridized carbons (Fsp3) is 0.273. The third-order valence-corrected chi connectivity index (χ3v) is 3.59. The predicted molar refractivity (Wildman–Crippen MR) is 66.2 cm³/mol. The first-order valence-corrected chi connectivity index (χ1v) is 6.08. The molecule has 1 atom stereocenters. The highest BCUT2D eigenvalue weighted by Gasteiger charge is 2.10. The summed E-state index contributed by atoms with van der Waals surface area (Å²) in [5, 5.41) is 9.75. The minimum absolute atomic E-state index is 0.100. The molecule has 0 aliphatic heterocycles. The smallest absolute Gasteiger partial charge is 0.147 e. The van der Waals surface area contributed by atoms with Crippen molar-refractivity contribution in [2.75, 3.05) is 7.11 Å². The number of halogens is 1. The summed E-state index contributed by atoms with van der Waals surface area (Å²) in [6.07, 6.45) is 0. The Kier molecular flexibility index (Phi) is 3.41. The fourth-order valence-electron chi connectivity index (χ4n) is 1.27. The molecule has 0 aliphatic rings. The summed E-state index contributed by atoms with van der Waals surface area (Å²) in [4.78, 5) is 0. The first kappa shape index (κ1) is 11.4. The van der Waals surface area contributed by atoms with E-state index in [9.17, 15) is 0 Å². The molecule has 84 valence electrons. The highest BCUT2D eigenvalue weighted by Crippen LogP contribution is 2.30. The van der Waals surface area contributed by atoms with Crippen molar-refractivity contribution in [1.82, 2.24) is 10.2 Å². The Bertz CT molecular complexity index is 484. The molecule has 0 saturated carbocycles. The van der Waals surface area contributed by atoms with Crippen LogP contribution in [0, 0.1) is 0 Å². The Morgan fingerprint density at radius 2 is 2.19 bits per heavy atom. The van der Waals surface area contributed by atoms with Gasteiger partial charge in [0.1, 0.15) is 15.8 Å². The van der Waals surface area contributed by atoms with Crippen LogP contribution in [0.25, 0.3) is 10.6 Å². The average molecular weight is 255 g/mol. The minimum Gasteiger partial charge on any atom is -0.497 e. The number of nitrogens with zero attached hydrogens (tertiary/aromatic N) is 2. The Balaban J connectivity index is 2.34. The van der Waals surface area contributed by atoms with E-state index in [1.807, 2.05) is 31.2 Å². The molecule has 0 N–H and O–H groups in total. The maximum atomic E-state index is 5.95. The van der Waals surface area contributed by atoms with E-state index in [0.717, 1.165) is 21.3 Å². The number of alkyl halides is 1. The van der Waals surface area contributed by atoms with E-state index < -0.39 is 0 Å². The van der Waals surface area contributed by atoms with Gasteiger partial charge in [0.2, 0.25) is 0 Å². The molecule has 0 radical (unpaired) electrons. The average Bonchev–Trinajstić information content (AvgIpc) is 2.78. The summed E-state index contributed by atoms with van der Waals surface area (Å²) in [5.74, 6) is 0.813. The highest BCUT2D eigenvalue weighted by molar-refractivity contribution is 7.15. The summed E-state index contributed by atoms with van der Waals surface area (Å²) < 4.78 is 5.16.